The summed E-state index contributed by atoms with van der Waals surface area (Å²) < 4.78 is 8.61. The molecule has 0 aliphatic heterocycles. The topological polar surface area (TPSA) is 102 Å². The molecule has 0 atom stereocenters. The number of carbonyl (C=O) groups excluding carboxylic acids is 1. The van der Waals surface area contributed by atoms with Gasteiger partial charge in [-0.3, -0.25) is 14.0 Å². The molecule has 0 saturated heterocycles. The summed E-state index contributed by atoms with van der Waals surface area (Å²) in [6, 6.07) is 15.6. The number of hydrogen-bond donors (Lipinski definition) is 0. The highest BCUT2D eigenvalue weighted by Crippen LogP contribution is 2.14. The third kappa shape index (κ3) is 4.46. The fourth-order valence-electron chi connectivity index (χ4n) is 3.83. The van der Waals surface area contributed by atoms with Gasteiger partial charge in [-0.2, -0.15) is 10.3 Å². The molecule has 172 valence electrons. The number of unbranched alkanes of at least 4 members (excludes halogenated alkanes) is 2. The highest BCUT2D eigenvalue weighted by Gasteiger charge is 2.15. The van der Waals surface area contributed by atoms with Crippen LogP contribution in [0.4, 0.5) is 0 Å². The Balaban J connectivity index is 1.96. The maximum atomic E-state index is 13.2. The van der Waals surface area contributed by atoms with Crippen molar-refractivity contribution in [3.63, 3.8) is 0 Å². The van der Waals surface area contributed by atoms with Crippen LogP contribution in [0.2, 0.25) is 0 Å². The van der Waals surface area contributed by atoms with Crippen molar-refractivity contribution in [3.05, 3.63) is 81.7 Å². The minimum Gasteiger partial charge on any atom is -0.494 e. The van der Waals surface area contributed by atoms with Crippen molar-refractivity contribution in [2.45, 2.75) is 39.7 Å². The molecule has 1 amide bonds. The van der Waals surface area contributed by atoms with Gasteiger partial charge in [-0.15, -0.1) is 0 Å². The number of amides is 1. The van der Waals surface area contributed by atoms with Crippen LogP contribution in [0, 0.1) is 11.3 Å². The lowest BCUT2D eigenvalue weighted by Crippen LogP contribution is -2.29. The van der Waals surface area contributed by atoms with Crippen LogP contribution in [-0.2, 0) is 6.54 Å². The summed E-state index contributed by atoms with van der Waals surface area (Å²) in [6.07, 6.45) is 4.38. The predicted molar refractivity (Wildman–Crippen MR) is 129 cm³/mol. The van der Waals surface area contributed by atoms with E-state index >= 15 is 0 Å². The Kier molecular flexibility index (Phi) is 6.83. The number of nitrogens with zero attached hydrogens (tertiary/aromatic N) is 5. The van der Waals surface area contributed by atoms with Crippen LogP contribution in [0.15, 0.2) is 64.5 Å². The van der Waals surface area contributed by atoms with Gasteiger partial charge in [0.05, 0.1) is 17.6 Å². The molecule has 34 heavy (non-hydrogen) atoms. The molecule has 0 fully saturated rings. The normalized spacial score (nSPS) is 11.6. The number of rotatable bonds is 7. The van der Waals surface area contributed by atoms with E-state index in [1.54, 1.807) is 53.2 Å². The maximum absolute atomic E-state index is 13.2. The van der Waals surface area contributed by atoms with Gasteiger partial charge in [0.25, 0.3) is 11.5 Å². The second-order valence-electron chi connectivity index (χ2n) is 7.81. The zero-order valence-electron chi connectivity index (χ0n) is 19.2. The van der Waals surface area contributed by atoms with E-state index in [9.17, 15) is 14.9 Å². The van der Waals surface area contributed by atoms with Crippen molar-refractivity contribution in [3.8, 4) is 11.8 Å². The monoisotopic (exact) mass is 455 g/mol. The highest BCUT2D eigenvalue weighted by molar-refractivity contribution is 5.95. The first-order chi connectivity index (χ1) is 16.6. The molecule has 8 nitrogen and oxygen atoms in total. The Morgan fingerprint density at radius 2 is 1.94 bits per heavy atom. The molecule has 0 aliphatic carbocycles. The number of hydrogen-bond acceptors (Lipinski definition) is 5. The minimum atomic E-state index is -0.486. The van der Waals surface area contributed by atoms with E-state index in [1.165, 1.54) is 10.5 Å². The van der Waals surface area contributed by atoms with Crippen molar-refractivity contribution in [2.24, 2.45) is 4.99 Å². The van der Waals surface area contributed by atoms with Gasteiger partial charge in [-0.1, -0.05) is 25.8 Å². The van der Waals surface area contributed by atoms with Crippen LogP contribution < -0.4 is 15.8 Å². The Hall–Kier alpha value is -4.25. The van der Waals surface area contributed by atoms with Crippen molar-refractivity contribution in [2.75, 3.05) is 6.61 Å². The summed E-state index contributed by atoms with van der Waals surface area (Å²) in [6.45, 7) is 4.98. The second kappa shape index (κ2) is 10.1. The molecule has 4 rings (SSSR count). The molecule has 3 aromatic heterocycles. The molecule has 8 heteroatoms. The fraction of sp³-hybridized carbons (Fsp3) is 0.269. The number of benzene rings is 1. The fourth-order valence-corrected chi connectivity index (χ4v) is 3.83. The Labute approximate surface area is 196 Å². The standard InChI is InChI=1S/C26H25N5O3/c1-3-5-7-15-31-23(29-25(32)18-10-12-20(13-11-18)34-4-2)19(17-27)16-21-24(31)28-22-9-6-8-14-30(22)26(21)33/h6,8-14,16H,3-5,7,15H2,1-2H3. The second-order valence-corrected chi connectivity index (χ2v) is 7.81. The van der Waals surface area contributed by atoms with Gasteiger partial charge in [0, 0.05) is 18.3 Å². The summed E-state index contributed by atoms with van der Waals surface area (Å²) in [5, 5.41) is 10.2. The Morgan fingerprint density at radius 3 is 2.65 bits per heavy atom. The van der Waals surface area contributed by atoms with Crippen molar-refractivity contribution < 1.29 is 9.53 Å². The smallest absolute Gasteiger partial charge is 0.278 e. The molecule has 0 unspecified atom stereocenters. The zero-order chi connectivity index (χ0) is 24.1. The first-order valence-electron chi connectivity index (χ1n) is 11.3. The maximum Gasteiger partial charge on any atom is 0.278 e. The zero-order valence-corrected chi connectivity index (χ0v) is 19.2. The first-order valence-corrected chi connectivity index (χ1v) is 11.3. The van der Waals surface area contributed by atoms with E-state index < -0.39 is 5.91 Å². The van der Waals surface area contributed by atoms with E-state index in [-0.39, 0.29) is 16.6 Å². The van der Waals surface area contributed by atoms with Gasteiger partial charge in [-0.05, 0) is 55.8 Å². The summed E-state index contributed by atoms with van der Waals surface area (Å²) in [7, 11) is 0. The third-order valence-electron chi connectivity index (χ3n) is 5.52. The highest BCUT2D eigenvalue weighted by atomic mass is 16.5. The number of fused-ring (bicyclic) bond motifs is 2. The van der Waals surface area contributed by atoms with Gasteiger partial charge in [-0.25, -0.2) is 4.98 Å². The predicted octanol–water partition coefficient (Wildman–Crippen LogP) is 3.85. The number of ether oxygens (including phenoxy) is 1. The number of aromatic nitrogens is 3. The molecule has 0 spiro atoms. The van der Waals surface area contributed by atoms with E-state index in [1.807, 2.05) is 6.92 Å². The van der Waals surface area contributed by atoms with Crippen molar-refractivity contribution >= 4 is 22.6 Å². The quantitative estimate of drug-likeness (QED) is 0.311. The van der Waals surface area contributed by atoms with Crippen LogP contribution in [0.25, 0.3) is 16.7 Å². The average Bonchev–Trinajstić information content (AvgIpc) is 2.86. The molecule has 4 aromatic rings. The number of nitriles is 1. The van der Waals surface area contributed by atoms with E-state index in [4.69, 9.17) is 9.72 Å². The molecule has 0 saturated carbocycles. The molecule has 0 radical (unpaired) electrons. The third-order valence-corrected chi connectivity index (χ3v) is 5.52. The van der Waals surface area contributed by atoms with Gasteiger partial charge in [0.1, 0.15) is 23.1 Å². The molecule has 0 aliphatic rings. The summed E-state index contributed by atoms with van der Waals surface area (Å²) in [5.74, 6) is 0.175. The van der Waals surface area contributed by atoms with Crippen LogP contribution in [-0.4, -0.2) is 26.5 Å². The van der Waals surface area contributed by atoms with Crippen molar-refractivity contribution in [1.82, 2.24) is 14.0 Å². The lowest BCUT2D eigenvalue weighted by molar-refractivity contribution is 0.0997. The molecular formula is C26H25N5O3. The van der Waals surface area contributed by atoms with E-state index in [0.29, 0.717) is 41.1 Å². The minimum absolute atomic E-state index is 0.151. The average molecular weight is 456 g/mol. The Bertz CT molecular complexity index is 1530. The number of aryl methyl sites for hydroxylation is 1. The van der Waals surface area contributed by atoms with Gasteiger partial charge >= 0.3 is 0 Å². The summed E-state index contributed by atoms with van der Waals surface area (Å²) >= 11 is 0. The van der Waals surface area contributed by atoms with Crippen LogP contribution in [0.1, 0.15) is 49.0 Å². The van der Waals surface area contributed by atoms with E-state index in [2.05, 4.69) is 18.0 Å². The van der Waals surface area contributed by atoms with Gasteiger partial charge in [0.15, 0.2) is 5.49 Å². The SMILES string of the molecule is CCCCCn1c(=NC(=O)c2ccc(OCC)cc2)c(C#N)cc2c(=O)n3ccccc3nc21. The lowest BCUT2D eigenvalue weighted by atomic mass is 10.2. The van der Waals surface area contributed by atoms with Crippen LogP contribution in [0.5, 0.6) is 5.75 Å². The van der Waals surface area contributed by atoms with Crippen molar-refractivity contribution in [1.29, 1.82) is 5.26 Å². The molecule has 3 heterocycles. The van der Waals surface area contributed by atoms with Crippen LogP contribution >= 0.6 is 0 Å². The first kappa shape index (κ1) is 22.9. The molecule has 0 bridgehead atoms. The lowest BCUT2D eigenvalue weighted by Gasteiger charge is -2.13. The van der Waals surface area contributed by atoms with Gasteiger partial charge < -0.3 is 9.30 Å². The molecule has 1 aromatic carbocycles. The number of pyridine rings is 2. The molecular weight excluding hydrogens is 430 g/mol. The van der Waals surface area contributed by atoms with Crippen LogP contribution in [0.3, 0.4) is 0 Å². The number of carbonyl (C=O) groups is 1. The Morgan fingerprint density at radius 1 is 1.15 bits per heavy atom. The largest absolute Gasteiger partial charge is 0.494 e. The summed E-state index contributed by atoms with van der Waals surface area (Å²) in [5.41, 5.74) is 1.35. The summed E-state index contributed by atoms with van der Waals surface area (Å²) in [4.78, 5) is 35.2. The van der Waals surface area contributed by atoms with Gasteiger partial charge in [0.2, 0.25) is 0 Å². The molecule has 0 N–H and O–H groups in total. The van der Waals surface area contributed by atoms with E-state index in [0.717, 1.165) is 19.3 Å².